The Hall–Kier alpha value is -2.58. The summed E-state index contributed by atoms with van der Waals surface area (Å²) in [6.45, 7) is 0. The van der Waals surface area contributed by atoms with Crippen molar-refractivity contribution in [2.45, 2.75) is 6.42 Å². The molecule has 2 heteroatoms. The van der Waals surface area contributed by atoms with Crippen molar-refractivity contribution in [3.8, 4) is 0 Å². The van der Waals surface area contributed by atoms with Gasteiger partial charge in [-0.05, 0) is 51.2 Å². The van der Waals surface area contributed by atoms with Crippen LogP contribution in [0.4, 0.5) is 0 Å². The van der Waals surface area contributed by atoms with E-state index < -0.39 is 0 Å². The van der Waals surface area contributed by atoms with Gasteiger partial charge in [-0.1, -0.05) is 42.5 Å². The highest BCUT2D eigenvalue weighted by atomic mass is 32.1. The van der Waals surface area contributed by atoms with E-state index in [1.165, 1.54) is 33.2 Å². The lowest BCUT2D eigenvalue weighted by atomic mass is 9.94. The lowest BCUT2D eigenvalue weighted by molar-refractivity contribution is 0.600. The molecule has 0 amide bonds. The first-order chi connectivity index (χ1) is 11.4. The average Bonchev–Trinajstić information content (AvgIpc) is 3.19. The molecule has 0 aliphatic heterocycles. The third-order valence-corrected chi connectivity index (χ3v) is 5.20. The molecule has 0 bridgehead atoms. The van der Waals surface area contributed by atoms with E-state index >= 15 is 0 Å². The topological polar surface area (TPSA) is 13.1 Å². The number of hydrogen-bond acceptors (Lipinski definition) is 2. The quantitative estimate of drug-likeness (QED) is 0.370. The number of furan rings is 1. The maximum absolute atomic E-state index is 6.16. The molecule has 0 fully saturated rings. The number of thiophene rings is 1. The molecule has 0 atom stereocenters. The summed E-state index contributed by atoms with van der Waals surface area (Å²) in [5, 5.41) is 5.56. The Labute approximate surface area is 138 Å². The lowest BCUT2D eigenvalue weighted by Crippen LogP contribution is -1.93. The summed E-state index contributed by atoms with van der Waals surface area (Å²) in [6.07, 6.45) is 3.12. The molecular formula is C21H14OS. The van der Waals surface area contributed by atoms with Crippen LogP contribution in [0.1, 0.15) is 28.0 Å². The van der Waals surface area contributed by atoms with Crippen LogP contribution in [0, 0.1) is 0 Å². The van der Waals surface area contributed by atoms with Crippen molar-refractivity contribution < 1.29 is 4.42 Å². The van der Waals surface area contributed by atoms with Crippen molar-refractivity contribution in [2.75, 3.05) is 0 Å². The minimum Gasteiger partial charge on any atom is -0.456 e. The zero-order valence-electron chi connectivity index (χ0n) is 12.5. The molecule has 23 heavy (non-hydrogen) atoms. The molecule has 1 nitrogen and oxygen atoms in total. The van der Waals surface area contributed by atoms with Crippen LogP contribution in [-0.4, -0.2) is 0 Å². The second-order valence-corrected chi connectivity index (χ2v) is 6.63. The van der Waals surface area contributed by atoms with Crippen molar-refractivity contribution >= 4 is 34.0 Å². The molecule has 4 aromatic rings. The molecule has 1 aliphatic rings. The van der Waals surface area contributed by atoms with Gasteiger partial charge in [-0.2, -0.15) is 11.3 Å². The number of fused-ring (bicyclic) bond motifs is 4. The van der Waals surface area contributed by atoms with E-state index in [0.29, 0.717) is 0 Å². The average molecular weight is 314 g/mol. The minimum atomic E-state index is 0.909. The van der Waals surface area contributed by atoms with Crippen LogP contribution in [0.3, 0.4) is 0 Å². The molecular weight excluding hydrogens is 300 g/mol. The summed E-state index contributed by atoms with van der Waals surface area (Å²) in [5.74, 6) is 0.989. The largest absolute Gasteiger partial charge is 0.456 e. The molecule has 0 radical (unpaired) electrons. The fourth-order valence-corrected chi connectivity index (χ4v) is 4.07. The van der Waals surface area contributed by atoms with Gasteiger partial charge in [-0.3, -0.25) is 0 Å². The first kappa shape index (κ1) is 12.9. The molecule has 0 N–H and O–H groups in total. The second kappa shape index (κ2) is 4.97. The van der Waals surface area contributed by atoms with Gasteiger partial charge in [0, 0.05) is 17.4 Å². The molecule has 5 rings (SSSR count). The smallest absolute Gasteiger partial charge is 0.135 e. The van der Waals surface area contributed by atoms with Crippen LogP contribution in [-0.2, 0) is 6.42 Å². The van der Waals surface area contributed by atoms with Gasteiger partial charge in [0.25, 0.3) is 0 Å². The fraction of sp³-hybridized carbons (Fsp3) is 0.0476. The molecule has 2 aromatic heterocycles. The monoisotopic (exact) mass is 314 g/mol. The molecule has 0 saturated heterocycles. The first-order valence-electron chi connectivity index (χ1n) is 7.73. The highest BCUT2D eigenvalue weighted by molar-refractivity contribution is 7.08. The molecule has 2 aromatic carbocycles. The third-order valence-electron chi connectivity index (χ3n) is 4.51. The predicted molar refractivity (Wildman–Crippen MR) is 96.8 cm³/mol. The van der Waals surface area contributed by atoms with Crippen LogP contribution in [0.5, 0.6) is 0 Å². The second-order valence-electron chi connectivity index (χ2n) is 5.84. The number of rotatable bonds is 1. The Balaban J connectivity index is 1.85. The number of para-hydroxylation sites is 1. The van der Waals surface area contributed by atoms with Crippen molar-refractivity contribution in [2.24, 2.45) is 0 Å². The zero-order valence-corrected chi connectivity index (χ0v) is 13.3. The van der Waals surface area contributed by atoms with Crippen LogP contribution in [0.25, 0.3) is 22.6 Å². The molecule has 0 saturated carbocycles. The van der Waals surface area contributed by atoms with Crippen LogP contribution < -0.4 is 0 Å². The Morgan fingerprint density at radius 2 is 1.78 bits per heavy atom. The van der Waals surface area contributed by atoms with E-state index in [1.54, 1.807) is 11.3 Å². The molecule has 2 heterocycles. The maximum Gasteiger partial charge on any atom is 0.135 e. The summed E-state index contributed by atoms with van der Waals surface area (Å²) in [5.41, 5.74) is 7.43. The maximum atomic E-state index is 6.16. The number of hydrogen-bond donors (Lipinski definition) is 0. The number of benzene rings is 2. The van der Waals surface area contributed by atoms with Crippen molar-refractivity contribution in [1.82, 2.24) is 0 Å². The van der Waals surface area contributed by atoms with Crippen molar-refractivity contribution in [3.05, 3.63) is 93.4 Å². The van der Waals surface area contributed by atoms with Gasteiger partial charge in [0.05, 0.1) is 0 Å². The summed E-state index contributed by atoms with van der Waals surface area (Å²) >= 11 is 1.73. The zero-order chi connectivity index (χ0) is 15.2. The first-order valence-corrected chi connectivity index (χ1v) is 8.67. The van der Waals surface area contributed by atoms with Crippen LogP contribution in [0.15, 0.2) is 69.8 Å². The Kier molecular flexibility index (Phi) is 2.79. The van der Waals surface area contributed by atoms with Gasteiger partial charge in [-0.25, -0.2) is 0 Å². The van der Waals surface area contributed by atoms with Gasteiger partial charge in [0.2, 0.25) is 0 Å². The molecule has 0 spiro atoms. The van der Waals surface area contributed by atoms with Gasteiger partial charge >= 0.3 is 0 Å². The summed E-state index contributed by atoms with van der Waals surface area (Å²) in [4.78, 5) is 0. The van der Waals surface area contributed by atoms with Gasteiger partial charge in [0.15, 0.2) is 0 Å². The Bertz CT molecular complexity index is 1030. The standard InChI is InChI=1S/C21H14OS/c1-2-6-16-14(5-1)11-19-17-7-3-4-8-20(17)22-21(19)12-18(16)15-9-10-23-13-15/h1-10,12-13H,11H2. The van der Waals surface area contributed by atoms with E-state index in [4.69, 9.17) is 4.42 Å². The van der Waals surface area contributed by atoms with E-state index in [2.05, 4.69) is 59.3 Å². The lowest BCUT2D eigenvalue weighted by Gasteiger charge is -2.09. The predicted octanol–water partition coefficient (Wildman–Crippen LogP) is 5.99. The summed E-state index contributed by atoms with van der Waals surface area (Å²) in [6, 6.07) is 19.2. The highest BCUT2D eigenvalue weighted by Crippen LogP contribution is 2.38. The summed E-state index contributed by atoms with van der Waals surface area (Å²) < 4.78 is 6.16. The Morgan fingerprint density at radius 3 is 2.70 bits per heavy atom. The van der Waals surface area contributed by atoms with E-state index in [1.807, 2.05) is 12.1 Å². The molecule has 110 valence electrons. The van der Waals surface area contributed by atoms with Crippen LogP contribution >= 0.6 is 11.3 Å². The SMILES string of the molecule is C1=C(c2ccsc2)c2ccccc2Cc2c1oc1ccccc21. The Morgan fingerprint density at radius 1 is 0.913 bits per heavy atom. The van der Waals surface area contributed by atoms with E-state index in [-0.39, 0.29) is 0 Å². The third kappa shape index (κ3) is 1.99. The van der Waals surface area contributed by atoms with E-state index in [9.17, 15) is 0 Å². The highest BCUT2D eigenvalue weighted by Gasteiger charge is 2.21. The summed E-state index contributed by atoms with van der Waals surface area (Å²) in [7, 11) is 0. The minimum absolute atomic E-state index is 0.909. The normalized spacial score (nSPS) is 13.3. The molecule has 1 aliphatic carbocycles. The fourth-order valence-electron chi connectivity index (χ4n) is 3.41. The molecule has 0 unspecified atom stereocenters. The van der Waals surface area contributed by atoms with Crippen LogP contribution in [0.2, 0.25) is 0 Å². The van der Waals surface area contributed by atoms with Gasteiger partial charge < -0.3 is 4.42 Å². The van der Waals surface area contributed by atoms with Crippen molar-refractivity contribution in [1.29, 1.82) is 0 Å². The van der Waals surface area contributed by atoms with Crippen molar-refractivity contribution in [3.63, 3.8) is 0 Å². The van der Waals surface area contributed by atoms with E-state index in [0.717, 1.165) is 17.8 Å². The van der Waals surface area contributed by atoms with Gasteiger partial charge in [0.1, 0.15) is 11.3 Å². The van der Waals surface area contributed by atoms with Gasteiger partial charge in [-0.15, -0.1) is 0 Å².